The zero-order valence-electron chi connectivity index (χ0n) is 8.18. The van der Waals surface area contributed by atoms with Crippen molar-refractivity contribution in [2.24, 2.45) is 5.73 Å². The van der Waals surface area contributed by atoms with Crippen LogP contribution in [-0.4, -0.2) is 10.6 Å². The number of nitrogens with two attached hydrogens (primary N) is 1. The number of phenols is 1. The topological polar surface area (TPSA) is 46.2 Å². The van der Waals surface area contributed by atoms with Gasteiger partial charge in [-0.1, -0.05) is 23.7 Å². The molecule has 1 fully saturated rings. The number of phenolic OH excluding ortho intramolecular Hbond substituents is 1. The fourth-order valence-corrected chi connectivity index (χ4v) is 1.75. The number of hydrogen-bond donors (Lipinski definition) is 2. The van der Waals surface area contributed by atoms with Gasteiger partial charge in [0.25, 0.3) is 0 Å². The van der Waals surface area contributed by atoms with Gasteiger partial charge in [-0.25, -0.2) is 0 Å². The quantitative estimate of drug-likeness (QED) is 0.789. The van der Waals surface area contributed by atoms with E-state index in [9.17, 15) is 5.11 Å². The molecule has 0 aliphatic heterocycles. The van der Waals surface area contributed by atoms with Crippen molar-refractivity contribution >= 4 is 11.6 Å². The summed E-state index contributed by atoms with van der Waals surface area (Å²) < 4.78 is 0. The highest BCUT2D eigenvalue weighted by Gasteiger charge is 2.38. The summed E-state index contributed by atoms with van der Waals surface area (Å²) in [7, 11) is 0. The second-order valence-corrected chi connectivity index (χ2v) is 4.62. The molecule has 3 heteroatoms. The Kier molecular flexibility index (Phi) is 2.20. The third-order valence-electron chi connectivity index (χ3n) is 2.83. The normalized spacial score (nSPS) is 18.2. The lowest BCUT2D eigenvalue weighted by atomic mass is 10.0. The number of aromatic hydroxyl groups is 1. The van der Waals surface area contributed by atoms with E-state index in [1.54, 1.807) is 0 Å². The first-order valence-corrected chi connectivity index (χ1v) is 5.15. The average Bonchev–Trinajstić information content (AvgIpc) is 2.86. The van der Waals surface area contributed by atoms with Gasteiger partial charge >= 0.3 is 0 Å². The summed E-state index contributed by atoms with van der Waals surface area (Å²) in [6.07, 6.45) is 2.80. The maximum absolute atomic E-state index is 9.78. The highest BCUT2D eigenvalue weighted by molar-refractivity contribution is 6.32. The van der Waals surface area contributed by atoms with Crippen LogP contribution in [0.1, 0.15) is 24.0 Å². The Labute approximate surface area is 88.7 Å². The lowest BCUT2D eigenvalue weighted by Crippen LogP contribution is -2.24. The molecule has 0 radical (unpaired) electrons. The van der Waals surface area contributed by atoms with Crippen LogP contribution in [0.5, 0.6) is 5.75 Å². The van der Waals surface area contributed by atoms with Crippen molar-refractivity contribution in [1.29, 1.82) is 0 Å². The Morgan fingerprint density at radius 3 is 2.71 bits per heavy atom. The molecule has 1 aromatic carbocycles. The first-order valence-electron chi connectivity index (χ1n) is 4.78. The molecule has 0 amide bonds. The van der Waals surface area contributed by atoms with Crippen molar-refractivity contribution in [3.63, 3.8) is 0 Å². The zero-order chi connectivity index (χ0) is 10.3. The van der Waals surface area contributed by atoms with E-state index in [-0.39, 0.29) is 11.3 Å². The van der Waals surface area contributed by atoms with Gasteiger partial charge in [0.15, 0.2) is 0 Å². The molecule has 1 aromatic rings. The Balaban J connectivity index is 2.30. The van der Waals surface area contributed by atoms with Crippen LogP contribution in [0, 0.1) is 6.92 Å². The molecule has 0 aromatic heterocycles. The maximum atomic E-state index is 9.78. The predicted molar refractivity (Wildman–Crippen MR) is 57.7 cm³/mol. The molecule has 1 saturated carbocycles. The number of halogens is 1. The fourth-order valence-electron chi connectivity index (χ4n) is 1.56. The van der Waals surface area contributed by atoms with Crippen molar-refractivity contribution < 1.29 is 5.11 Å². The van der Waals surface area contributed by atoms with Crippen LogP contribution in [0.2, 0.25) is 5.02 Å². The highest BCUT2D eigenvalue weighted by Crippen LogP contribution is 2.39. The van der Waals surface area contributed by atoms with Gasteiger partial charge in [0, 0.05) is 5.54 Å². The molecule has 76 valence electrons. The Morgan fingerprint density at radius 2 is 2.14 bits per heavy atom. The van der Waals surface area contributed by atoms with Crippen molar-refractivity contribution in [2.45, 2.75) is 31.7 Å². The smallest absolute Gasteiger partial charge is 0.137 e. The molecular formula is C11H14ClNO. The van der Waals surface area contributed by atoms with Gasteiger partial charge in [-0.15, -0.1) is 0 Å². The van der Waals surface area contributed by atoms with Crippen LogP contribution in [0.15, 0.2) is 12.1 Å². The summed E-state index contributed by atoms with van der Waals surface area (Å²) in [5.41, 5.74) is 7.65. The van der Waals surface area contributed by atoms with Crippen molar-refractivity contribution in [1.82, 2.24) is 0 Å². The second kappa shape index (κ2) is 3.14. The highest BCUT2D eigenvalue weighted by atomic mass is 35.5. The van der Waals surface area contributed by atoms with Crippen LogP contribution >= 0.6 is 11.6 Å². The Bertz CT molecular complexity index is 372. The van der Waals surface area contributed by atoms with Crippen molar-refractivity contribution in [3.05, 3.63) is 28.3 Å². The monoisotopic (exact) mass is 211 g/mol. The Hall–Kier alpha value is -0.730. The first kappa shape index (κ1) is 9.81. The van der Waals surface area contributed by atoms with Crippen LogP contribution in [0.3, 0.4) is 0 Å². The lowest BCUT2D eigenvalue weighted by Gasteiger charge is -2.12. The van der Waals surface area contributed by atoms with Gasteiger partial charge < -0.3 is 10.8 Å². The van der Waals surface area contributed by atoms with E-state index in [2.05, 4.69) is 0 Å². The molecule has 2 nitrogen and oxygen atoms in total. The summed E-state index contributed by atoms with van der Waals surface area (Å²) in [5, 5.41) is 10.2. The molecule has 0 unspecified atom stereocenters. The van der Waals surface area contributed by atoms with Gasteiger partial charge in [0.2, 0.25) is 0 Å². The standard InChI is InChI=1S/C11H14ClNO/c1-7-2-3-8(10(14)9(7)12)6-11(13)4-5-11/h2-3,14H,4-6,13H2,1H3. The molecule has 0 heterocycles. The number of rotatable bonds is 2. The predicted octanol–water partition coefficient (Wildman–Crippen LogP) is 2.39. The minimum Gasteiger partial charge on any atom is -0.506 e. The largest absolute Gasteiger partial charge is 0.506 e. The average molecular weight is 212 g/mol. The van der Waals surface area contributed by atoms with E-state index in [0.29, 0.717) is 5.02 Å². The molecule has 1 aliphatic rings. The third-order valence-corrected chi connectivity index (χ3v) is 3.30. The van der Waals surface area contributed by atoms with Crippen molar-refractivity contribution in [3.8, 4) is 5.75 Å². The summed E-state index contributed by atoms with van der Waals surface area (Å²) in [6, 6.07) is 3.83. The van der Waals surface area contributed by atoms with Gasteiger partial charge in [-0.2, -0.15) is 0 Å². The lowest BCUT2D eigenvalue weighted by molar-refractivity contribution is 0.463. The minimum absolute atomic E-state index is 0.0872. The molecule has 0 atom stereocenters. The molecular weight excluding hydrogens is 198 g/mol. The minimum atomic E-state index is -0.0872. The Morgan fingerprint density at radius 1 is 1.50 bits per heavy atom. The number of hydrogen-bond acceptors (Lipinski definition) is 2. The maximum Gasteiger partial charge on any atom is 0.137 e. The fraction of sp³-hybridized carbons (Fsp3) is 0.455. The molecule has 1 aliphatic carbocycles. The zero-order valence-corrected chi connectivity index (χ0v) is 8.93. The van der Waals surface area contributed by atoms with Crippen molar-refractivity contribution in [2.75, 3.05) is 0 Å². The molecule has 14 heavy (non-hydrogen) atoms. The van der Waals surface area contributed by atoms with Crippen LogP contribution in [-0.2, 0) is 6.42 Å². The molecule has 0 spiro atoms. The number of benzene rings is 1. The van der Waals surface area contributed by atoms with Crippen LogP contribution in [0.4, 0.5) is 0 Å². The molecule has 2 rings (SSSR count). The number of aryl methyl sites for hydroxylation is 1. The van der Waals surface area contributed by atoms with E-state index in [0.717, 1.165) is 30.4 Å². The van der Waals surface area contributed by atoms with E-state index in [4.69, 9.17) is 17.3 Å². The molecule has 0 bridgehead atoms. The van der Waals surface area contributed by atoms with Crippen LogP contribution < -0.4 is 5.73 Å². The van der Waals surface area contributed by atoms with Gasteiger partial charge in [0.05, 0.1) is 5.02 Å². The second-order valence-electron chi connectivity index (χ2n) is 4.24. The van der Waals surface area contributed by atoms with Gasteiger partial charge in [0.1, 0.15) is 5.75 Å². The van der Waals surface area contributed by atoms with Gasteiger partial charge in [-0.05, 0) is 37.3 Å². The summed E-state index contributed by atoms with van der Waals surface area (Å²) >= 11 is 5.94. The van der Waals surface area contributed by atoms with E-state index < -0.39 is 0 Å². The molecule has 3 N–H and O–H groups in total. The van der Waals surface area contributed by atoms with E-state index in [1.165, 1.54) is 0 Å². The van der Waals surface area contributed by atoms with E-state index >= 15 is 0 Å². The summed E-state index contributed by atoms with van der Waals surface area (Å²) in [5.74, 6) is 0.198. The van der Waals surface area contributed by atoms with Crippen LogP contribution in [0.25, 0.3) is 0 Å². The summed E-state index contributed by atoms with van der Waals surface area (Å²) in [4.78, 5) is 0. The first-order chi connectivity index (χ1) is 6.52. The third kappa shape index (κ3) is 1.72. The molecule has 0 saturated heterocycles. The van der Waals surface area contributed by atoms with E-state index in [1.807, 2.05) is 19.1 Å². The van der Waals surface area contributed by atoms with Gasteiger partial charge in [-0.3, -0.25) is 0 Å². The summed E-state index contributed by atoms with van der Waals surface area (Å²) in [6.45, 7) is 1.88. The SMILES string of the molecule is Cc1ccc(CC2(N)CC2)c(O)c1Cl.